The van der Waals surface area contributed by atoms with Gasteiger partial charge in [0.2, 0.25) is 0 Å². The minimum atomic E-state index is -0.710. The molecule has 0 saturated heterocycles. The van der Waals surface area contributed by atoms with E-state index in [1.807, 2.05) is 0 Å². The molecule has 0 saturated carbocycles. The molecule has 82 valence electrons. The van der Waals surface area contributed by atoms with Crippen molar-refractivity contribution in [1.29, 1.82) is 0 Å². The van der Waals surface area contributed by atoms with Gasteiger partial charge in [-0.2, -0.15) is 0 Å². The normalized spacial score (nSPS) is 19.1. The molecule has 0 bridgehead atoms. The molecule has 1 aromatic rings. The van der Waals surface area contributed by atoms with E-state index < -0.39 is 5.97 Å². The van der Waals surface area contributed by atoms with Crippen LogP contribution in [0.15, 0.2) is 0 Å². The van der Waals surface area contributed by atoms with E-state index in [2.05, 4.69) is 11.9 Å². The van der Waals surface area contributed by atoms with E-state index in [1.54, 1.807) is 11.3 Å². The van der Waals surface area contributed by atoms with Gasteiger partial charge in [-0.3, -0.25) is 4.79 Å². The number of thiazole rings is 1. The maximum Gasteiger partial charge on any atom is 0.304 e. The fourth-order valence-corrected chi connectivity index (χ4v) is 3.36. The van der Waals surface area contributed by atoms with Crippen LogP contribution in [-0.2, 0) is 17.6 Å². The summed E-state index contributed by atoms with van der Waals surface area (Å²) in [5, 5.41) is 9.96. The van der Waals surface area contributed by atoms with Gasteiger partial charge in [-0.1, -0.05) is 6.92 Å². The van der Waals surface area contributed by atoms with Crippen LogP contribution in [0.2, 0.25) is 0 Å². The zero-order chi connectivity index (χ0) is 10.8. The minimum absolute atomic E-state index is 0.166. The van der Waals surface area contributed by atoms with Crippen molar-refractivity contribution in [2.24, 2.45) is 0 Å². The molecule has 2 rings (SSSR count). The zero-order valence-corrected chi connectivity index (χ0v) is 9.64. The number of carboxylic acids is 1. The number of aromatic nitrogens is 1. The third-order valence-corrected chi connectivity index (χ3v) is 3.95. The Labute approximate surface area is 93.2 Å². The molecule has 1 aromatic heterocycles. The molecule has 1 atom stereocenters. The molecule has 0 aliphatic heterocycles. The van der Waals surface area contributed by atoms with E-state index >= 15 is 0 Å². The molecule has 1 heterocycles. The molecule has 0 amide bonds. The van der Waals surface area contributed by atoms with Gasteiger partial charge in [-0.05, 0) is 25.7 Å². The van der Waals surface area contributed by atoms with Crippen LogP contribution >= 0.6 is 11.3 Å². The SMILES string of the molecule is CCCc1nc2c(s1)CCC2CC(=O)O. The van der Waals surface area contributed by atoms with E-state index in [0.29, 0.717) is 0 Å². The molecule has 4 heteroatoms. The van der Waals surface area contributed by atoms with Crippen LogP contribution < -0.4 is 0 Å². The van der Waals surface area contributed by atoms with Crippen LogP contribution in [0, 0.1) is 0 Å². The Morgan fingerprint density at radius 3 is 3.13 bits per heavy atom. The number of carbonyl (C=O) groups is 1. The topological polar surface area (TPSA) is 50.2 Å². The second-order valence-electron chi connectivity index (χ2n) is 4.00. The number of hydrogen-bond donors (Lipinski definition) is 1. The highest BCUT2D eigenvalue weighted by Crippen LogP contribution is 2.38. The van der Waals surface area contributed by atoms with E-state index in [4.69, 9.17) is 5.11 Å². The lowest BCUT2D eigenvalue weighted by molar-refractivity contribution is -0.137. The van der Waals surface area contributed by atoms with Gasteiger partial charge in [-0.15, -0.1) is 11.3 Å². The third kappa shape index (κ3) is 2.20. The van der Waals surface area contributed by atoms with E-state index in [1.165, 1.54) is 9.88 Å². The lowest BCUT2D eigenvalue weighted by atomic mass is 10.0. The first-order valence-electron chi connectivity index (χ1n) is 5.41. The summed E-state index contributed by atoms with van der Waals surface area (Å²) in [5.74, 6) is -0.544. The fraction of sp³-hybridized carbons (Fsp3) is 0.636. The number of rotatable bonds is 4. The van der Waals surface area contributed by atoms with Crippen molar-refractivity contribution in [2.75, 3.05) is 0 Å². The maximum atomic E-state index is 10.7. The summed E-state index contributed by atoms with van der Waals surface area (Å²) >= 11 is 1.77. The molecule has 0 fully saturated rings. The Morgan fingerprint density at radius 2 is 2.47 bits per heavy atom. The fourth-order valence-electron chi connectivity index (χ4n) is 2.08. The predicted molar refractivity (Wildman–Crippen MR) is 59.4 cm³/mol. The maximum absolute atomic E-state index is 10.7. The second-order valence-corrected chi connectivity index (χ2v) is 5.17. The summed E-state index contributed by atoms with van der Waals surface area (Å²) in [6, 6.07) is 0. The van der Waals surface area contributed by atoms with E-state index in [0.717, 1.165) is 31.4 Å². The molecular weight excluding hydrogens is 210 g/mol. The second kappa shape index (κ2) is 4.31. The van der Waals surface area contributed by atoms with Gasteiger partial charge in [-0.25, -0.2) is 4.98 Å². The minimum Gasteiger partial charge on any atom is -0.481 e. The Hall–Kier alpha value is -0.900. The van der Waals surface area contributed by atoms with Gasteiger partial charge in [0.05, 0.1) is 17.1 Å². The molecule has 1 unspecified atom stereocenters. The molecule has 1 aliphatic rings. The standard InChI is InChI=1S/C11H15NO2S/c1-2-3-9-12-11-7(6-10(13)14)4-5-8(11)15-9/h7H,2-6H2,1H3,(H,13,14). The van der Waals surface area contributed by atoms with Gasteiger partial charge in [0, 0.05) is 10.8 Å². The highest BCUT2D eigenvalue weighted by atomic mass is 32.1. The first kappa shape index (κ1) is 10.6. The van der Waals surface area contributed by atoms with E-state index in [9.17, 15) is 4.79 Å². The van der Waals surface area contributed by atoms with Crippen LogP contribution in [0.5, 0.6) is 0 Å². The lowest BCUT2D eigenvalue weighted by Crippen LogP contribution is -2.04. The molecule has 0 aromatic carbocycles. The number of carboxylic acid groups (broad SMARTS) is 1. The molecule has 0 radical (unpaired) electrons. The lowest BCUT2D eigenvalue weighted by Gasteiger charge is -2.04. The molecule has 1 aliphatic carbocycles. The van der Waals surface area contributed by atoms with Crippen molar-refractivity contribution in [3.8, 4) is 0 Å². The first-order chi connectivity index (χ1) is 7.20. The molecule has 3 nitrogen and oxygen atoms in total. The van der Waals surface area contributed by atoms with Crippen molar-refractivity contribution in [3.05, 3.63) is 15.6 Å². The molecule has 1 N–H and O–H groups in total. The Bertz CT molecular complexity index is 373. The first-order valence-corrected chi connectivity index (χ1v) is 6.22. The Balaban J connectivity index is 2.14. The molecular formula is C11H15NO2S. The van der Waals surface area contributed by atoms with Gasteiger partial charge in [0.25, 0.3) is 0 Å². The number of nitrogens with zero attached hydrogens (tertiary/aromatic N) is 1. The summed E-state index contributed by atoms with van der Waals surface area (Å²) in [4.78, 5) is 16.6. The molecule has 15 heavy (non-hydrogen) atoms. The number of fused-ring (bicyclic) bond motifs is 1. The van der Waals surface area contributed by atoms with E-state index in [-0.39, 0.29) is 12.3 Å². The van der Waals surface area contributed by atoms with Crippen LogP contribution in [0.1, 0.15) is 47.7 Å². The Kier molecular flexibility index (Phi) is 3.05. The Morgan fingerprint density at radius 1 is 1.67 bits per heavy atom. The van der Waals surface area contributed by atoms with Crippen LogP contribution in [-0.4, -0.2) is 16.1 Å². The van der Waals surface area contributed by atoms with Crippen LogP contribution in [0.25, 0.3) is 0 Å². The number of aliphatic carboxylic acids is 1. The largest absolute Gasteiger partial charge is 0.481 e. The highest BCUT2D eigenvalue weighted by molar-refractivity contribution is 7.11. The van der Waals surface area contributed by atoms with Crippen molar-refractivity contribution in [2.45, 2.75) is 44.9 Å². The van der Waals surface area contributed by atoms with Crippen molar-refractivity contribution in [1.82, 2.24) is 4.98 Å². The average Bonchev–Trinajstić information content (AvgIpc) is 2.68. The van der Waals surface area contributed by atoms with Crippen molar-refractivity contribution < 1.29 is 9.90 Å². The summed E-state index contributed by atoms with van der Waals surface area (Å²) < 4.78 is 0. The van der Waals surface area contributed by atoms with Gasteiger partial charge in [0.1, 0.15) is 0 Å². The number of aryl methyl sites for hydroxylation is 2. The summed E-state index contributed by atoms with van der Waals surface area (Å²) in [6.07, 6.45) is 4.36. The van der Waals surface area contributed by atoms with Crippen molar-refractivity contribution in [3.63, 3.8) is 0 Å². The van der Waals surface area contributed by atoms with Crippen LogP contribution in [0.4, 0.5) is 0 Å². The summed E-state index contributed by atoms with van der Waals surface area (Å²) in [5.41, 5.74) is 1.07. The van der Waals surface area contributed by atoms with Crippen molar-refractivity contribution >= 4 is 17.3 Å². The monoisotopic (exact) mass is 225 g/mol. The quantitative estimate of drug-likeness (QED) is 0.856. The third-order valence-electron chi connectivity index (χ3n) is 2.76. The molecule has 0 spiro atoms. The predicted octanol–water partition coefficient (Wildman–Crippen LogP) is 2.60. The van der Waals surface area contributed by atoms with Gasteiger partial charge in [0.15, 0.2) is 0 Å². The smallest absolute Gasteiger partial charge is 0.304 e. The average molecular weight is 225 g/mol. The van der Waals surface area contributed by atoms with Crippen LogP contribution in [0.3, 0.4) is 0 Å². The van der Waals surface area contributed by atoms with Gasteiger partial charge < -0.3 is 5.11 Å². The number of hydrogen-bond acceptors (Lipinski definition) is 3. The summed E-state index contributed by atoms with van der Waals surface area (Å²) in [7, 11) is 0. The zero-order valence-electron chi connectivity index (χ0n) is 8.82. The highest BCUT2D eigenvalue weighted by Gasteiger charge is 2.28. The van der Waals surface area contributed by atoms with Gasteiger partial charge >= 0.3 is 5.97 Å². The summed E-state index contributed by atoms with van der Waals surface area (Å²) in [6.45, 7) is 2.14.